The summed E-state index contributed by atoms with van der Waals surface area (Å²) in [5.74, 6) is 0.244. The molecule has 6 heteroatoms. The van der Waals surface area contributed by atoms with E-state index >= 15 is 0 Å². The summed E-state index contributed by atoms with van der Waals surface area (Å²) in [5.41, 5.74) is 8.01. The second-order valence-corrected chi connectivity index (χ2v) is 6.55. The maximum Gasteiger partial charge on any atom is 0.222 e. The molecule has 2 heterocycles. The molecule has 2 aliphatic rings. The predicted molar refractivity (Wildman–Crippen MR) is 98.4 cm³/mol. The molecule has 1 aromatic carbocycles. The van der Waals surface area contributed by atoms with Crippen LogP contribution in [0.25, 0.3) is 0 Å². The van der Waals surface area contributed by atoms with Gasteiger partial charge in [0.25, 0.3) is 0 Å². The van der Waals surface area contributed by atoms with Crippen LogP contribution in [-0.2, 0) is 4.79 Å². The molecule has 24 heavy (non-hydrogen) atoms. The van der Waals surface area contributed by atoms with Crippen LogP contribution < -0.4 is 20.9 Å². The summed E-state index contributed by atoms with van der Waals surface area (Å²) in [6, 6.07) is 8.83. The molecular weight excluding hydrogens is 302 g/mol. The number of anilines is 2. The van der Waals surface area contributed by atoms with Crippen molar-refractivity contribution in [3.63, 3.8) is 0 Å². The molecule has 0 saturated carbocycles. The van der Waals surface area contributed by atoms with Crippen molar-refractivity contribution in [3.8, 4) is 0 Å². The highest BCUT2D eigenvalue weighted by Crippen LogP contribution is 2.22. The van der Waals surface area contributed by atoms with Gasteiger partial charge >= 0.3 is 0 Å². The molecule has 0 aliphatic carbocycles. The number of amides is 1. The predicted octanol–water partition coefficient (Wildman–Crippen LogP) is 0.831. The average Bonchev–Trinajstić information content (AvgIpc) is 2.67. The Hall–Kier alpha value is -1.79. The first kappa shape index (κ1) is 17.0. The summed E-state index contributed by atoms with van der Waals surface area (Å²) in [6.07, 6.45) is 2.56. The van der Waals surface area contributed by atoms with Crippen molar-refractivity contribution in [3.05, 3.63) is 24.3 Å². The smallest absolute Gasteiger partial charge is 0.222 e. The molecule has 2 fully saturated rings. The van der Waals surface area contributed by atoms with Crippen molar-refractivity contribution in [1.82, 2.24) is 10.2 Å². The van der Waals surface area contributed by atoms with Gasteiger partial charge in [-0.15, -0.1) is 0 Å². The van der Waals surface area contributed by atoms with Gasteiger partial charge in [-0.25, -0.2) is 0 Å². The largest absolute Gasteiger partial charge is 0.368 e. The van der Waals surface area contributed by atoms with E-state index in [9.17, 15) is 4.79 Å². The Balaban J connectivity index is 1.52. The molecule has 0 aromatic heterocycles. The van der Waals surface area contributed by atoms with Crippen LogP contribution in [0.15, 0.2) is 24.3 Å². The van der Waals surface area contributed by atoms with Gasteiger partial charge in [-0.05, 0) is 50.2 Å². The topological polar surface area (TPSA) is 64.8 Å². The molecule has 1 aromatic rings. The Morgan fingerprint density at radius 3 is 2.25 bits per heavy atom. The third kappa shape index (κ3) is 4.19. The molecule has 3 N–H and O–H groups in total. The summed E-state index contributed by atoms with van der Waals surface area (Å²) in [4.78, 5) is 18.8. The lowest BCUT2D eigenvalue weighted by Crippen LogP contribution is -2.48. The van der Waals surface area contributed by atoms with Gasteiger partial charge in [-0.2, -0.15) is 0 Å². The van der Waals surface area contributed by atoms with Gasteiger partial charge in [0.2, 0.25) is 5.91 Å². The van der Waals surface area contributed by atoms with Crippen LogP contribution in [0, 0.1) is 0 Å². The Bertz CT molecular complexity index is 519. The summed E-state index contributed by atoms with van der Waals surface area (Å²) in [5, 5.41) is 3.41. The zero-order valence-electron chi connectivity index (χ0n) is 14.4. The molecule has 0 radical (unpaired) electrons. The van der Waals surface area contributed by atoms with Crippen molar-refractivity contribution in [1.29, 1.82) is 0 Å². The molecule has 132 valence electrons. The van der Waals surface area contributed by atoms with Crippen molar-refractivity contribution in [2.75, 3.05) is 62.3 Å². The minimum Gasteiger partial charge on any atom is -0.368 e. The van der Waals surface area contributed by atoms with E-state index in [1.807, 2.05) is 4.90 Å². The van der Waals surface area contributed by atoms with Crippen molar-refractivity contribution in [2.24, 2.45) is 5.73 Å². The molecule has 2 saturated heterocycles. The van der Waals surface area contributed by atoms with E-state index in [1.54, 1.807) is 0 Å². The molecule has 1 amide bonds. The van der Waals surface area contributed by atoms with E-state index in [0.717, 1.165) is 52.4 Å². The summed E-state index contributed by atoms with van der Waals surface area (Å²) < 4.78 is 0. The van der Waals surface area contributed by atoms with Crippen molar-refractivity contribution >= 4 is 17.3 Å². The van der Waals surface area contributed by atoms with Gasteiger partial charge in [0.05, 0.1) is 6.67 Å². The Kier molecular flexibility index (Phi) is 5.93. The van der Waals surface area contributed by atoms with Gasteiger partial charge in [-0.3, -0.25) is 10.1 Å². The number of nitrogens with one attached hydrogen (secondary N) is 1. The highest BCUT2D eigenvalue weighted by atomic mass is 16.2. The van der Waals surface area contributed by atoms with Gasteiger partial charge in [0.15, 0.2) is 0 Å². The lowest BCUT2D eigenvalue weighted by Gasteiger charge is -2.36. The van der Waals surface area contributed by atoms with Crippen LogP contribution in [0.1, 0.15) is 19.3 Å². The second kappa shape index (κ2) is 8.35. The van der Waals surface area contributed by atoms with Gasteiger partial charge in [0, 0.05) is 50.5 Å². The number of carbonyl (C=O) groups is 1. The highest BCUT2D eigenvalue weighted by molar-refractivity contribution is 5.76. The standard InChI is InChI=1S/C18H29N5O/c19-8-1-3-18(24)22-13-11-21(12-14-22)16-4-6-17(7-5-16)23-10-2-9-20-15-23/h4-7,20H,1-3,8-15,19H2. The van der Waals surface area contributed by atoms with Crippen LogP contribution in [0.2, 0.25) is 0 Å². The van der Waals surface area contributed by atoms with Gasteiger partial charge in [0.1, 0.15) is 0 Å². The first-order valence-corrected chi connectivity index (χ1v) is 9.06. The molecular formula is C18H29N5O. The van der Waals surface area contributed by atoms with Crippen molar-refractivity contribution < 1.29 is 4.79 Å². The zero-order valence-corrected chi connectivity index (χ0v) is 14.4. The molecule has 6 nitrogen and oxygen atoms in total. The van der Waals surface area contributed by atoms with Crippen LogP contribution in [-0.4, -0.2) is 63.3 Å². The fourth-order valence-corrected chi connectivity index (χ4v) is 3.41. The van der Waals surface area contributed by atoms with Crippen LogP contribution >= 0.6 is 0 Å². The number of nitrogens with two attached hydrogens (primary N) is 1. The fraction of sp³-hybridized carbons (Fsp3) is 0.611. The molecule has 0 atom stereocenters. The van der Waals surface area contributed by atoms with E-state index in [-0.39, 0.29) is 5.91 Å². The van der Waals surface area contributed by atoms with E-state index in [2.05, 4.69) is 39.4 Å². The number of rotatable bonds is 5. The lowest BCUT2D eigenvalue weighted by molar-refractivity contribution is -0.131. The lowest BCUT2D eigenvalue weighted by atomic mass is 10.2. The highest BCUT2D eigenvalue weighted by Gasteiger charge is 2.21. The summed E-state index contributed by atoms with van der Waals surface area (Å²) in [7, 11) is 0. The third-order valence-electron chi connectivity index (χ3n) is 4.89. The molecule has 3 rings (SSSR count). The summed E-state index contributed by atoms with van der Waals surface area (Å²) >= 11 is 0. The van der Waals surface area contributed by atoms with E-state index in [4.69, 9.17) is 5.73 Å². The first-order valence-electron chi connectivity index (χ1n) is 9.06. The van der Waals surface area contributed by atoms with Gasteiger partial charge in [-0.1, -0.05) is 0 Å². The maximum atomic E-state index is 12.1. The minimum atomic E-state index is 0.244. The Morgan fingerprint density at radius 2 is 1.67 bits per heavy atom. The number of hydrogen-bond acceptors (Lipinski definition) is 5. The SMILES string of the molecule is NCCCC(=O)N1CCN(c2ccc(N3CCCNC3)cc2)CC1. The summed E-state index contributed by atoms with van der Waals surface area (Å²) in [6.45, 7) is 7.17. The first-order chi connectivity index (χ1) is 11.8. The van der Waals surface area contributed by atoms with Gasteiger partial charge < -0.3 is 20.4 Å². The zero-order chi connectivity index (χ0) is 16.8. The monoisotopic (exact) mass is 331 g/mol. The van der Waals surface area contributed by atoms with Crippen LogP contribution in [0.5, 0.6) is 0 Å². The third-order valence-corrected chi connectivity index (χ3v) is 4.89. The number of carbonyl (C=O) groups excluding carboxylic acids is 1. The number of hydrogen-bond donors (Lipinski definition) is 2. The molecule has 0 spiro atoms. The van der Waals surface area contributed by atoms with E-state index in [0.29, 0.717) is 13.0 Å². The molecule has 2 aliphatic heterocycles. The van der Waals surface area contributed by atoms with E-state index < -0.39 is 0 Å². The average molecular weight is 331 g/mol. The minimum absolute atomic E-state index is 0.244. The fourth-order valence-electron chi connectivity index (χ4n) is 3.41. The van der Waals surface area contributed by atoms with Crippen LogP contribution in [0.3, 0.4) is 0 Å². The number of piperazine rings is 1. The number of benzene rings is 1. The number of nitrogens with zero attached hydrogens (tertiary/aromatic N) is 3. The molecule has 0 unspecified atom stereocenters. The van der Waals surface area contributed by atoms with Crippen LogP contribution in [0.4, 0.5) is 11.4 Å². The molecule has 0 bridgehead atoms. The van der Waals surface area contributed by atoms with E-state index in [1.165, 1.54) is 17.8 Å². The maximum absolute atomic E-state index is 12.1. The second-order valence-electron chi connectivity index (χ2n) is 6.55. The Labute approximate surface area is 144 Å². The Morgan fingerprint density at radius 1 is 1.00 bits per heavy atom. The van der Waals surface area contributed by atoms with Crippen molar-refractivity contribution in [2.45, 2.75) is 19.3 Å². The quantitative estimate of drug-likeness (QED) is 0.837. The normalized spacial score (nSPS) is 18.8.